The average molecular weight is 359 g/mol. The van der Waals surface area contributed by atoms with Gasteiger partial charge in [0.15, 0.2) is 0 Å². The summed E-state index contributed by atoms with van der Waals surface area (Å²) in [7, 11) is 0. The summed E-state index contributed by atoms with van der Waals surface area (Å²) in [4.78, 5) is 10.9. The third-order valence-electron chi connectivity index (χ3n) is 4.36. The number of hydrogen-bond acceptors (Lipinski definition) is 2. The SMILES string of the molecule is CCCCCCCCCCCCCc1cc(C(=O)O)ccc1[O-].[K+]. The van der Waals surface area contributed by atoms with Crippen molar-refractivity contribution in [2.24, 2.45) is 0 Å². The fourth-order valence-corrected chi connectivity index (χ4v) is 2.89. The molecule has 0 bridgehead atoms. The van der Waals surface area contributed by atoms with E-state index in [0.29, 0.717) is 12.0 Å². The summed E-state index contributed by atoms with van der Waals surface area (Å²) in [5.74, 6) is -1.01. The minimum absolute atomic E-state index is 0. The Balaban J connectivity index is 0.00000529. The number of carbonyl (C=O) groups is 1. The monoisotopic (exact) mass is 358 g/mol. The molecule has 0 aromatic heterocycles. The van der Waals surface area contributed by atoms with E-state index in [4.69, 9.17) is 5.11 Å². The predicted molar refractivity (Wildman–Crippen MR) is 93.0 cm³/mol. The van der Waals surface area contributed by atoms with Gasteiger partial charge in [-0.25, -0.2) is 4.79 Å². The van der Waals surface area contributed by atoms with Crippen molar-refractivity contribution in [3.8, 4) is 5.75 Å². The molecule has 1 N–H and O–H groups in total. The molecule has 1 rings (SSSR count). The Labute approximate surface area is 189 Å². The minimum Gasteiger partial charge on any atom is -0.872 e. The van der Waals surface area contributed by atoms with Gasteiger partial charge in [0, 0.05) is 0 Å². The van der Waals surface area contributed by atoms with E-state index in [1.165, 1.54) is 76.0 Å². The van der Waals surface area contributed by atoms with Crippen LogP contribution in [0.2, 0.25) is 0 Å². The molecule has 130 valence electrons. The third-order valence-corrected chi connectivity index (χ3v) is 4.36. The molecule has 0 fully saturated rings. The zero-order valence-electron chi connectivity index (χ0n) is 15.5. The van der Waals surface area contributed by atoms with Gasteiger partial charge < -0.3 is 10.2 Å². The standard InChI is InChI=1S/C20H32O3.K/c1-2-3-4-5-6-7-8-9-10-11-12-13-17-16-18(20(22)23)14-15-19(17)21;/h14-16,21H,2-13H2,1H3,(H,22,23);/q;+1/p-1. The molecular weight excluding hydrogens is 327 g/mol. The summed E-state index contributed by atoms with van der Waals surface area (Å²) in [5.41, 5.74) is 0.850. The van der Waals surface area contributed by atoms with Gasteiger partial charge >= 0.3 is 57.4 Å². The topological polar surface area (TPSA) is 60.4 Å². The quantitative estimate of drug-likeness (QED) is 0.435. The van der Waals surface area contributed by atoms with Gasteiger partial charge in [-0.05, 0) is 25.0 Å². The zero-order chi connectivity index (χ0) is 16.9. The fraction of sp³-hybridized carbons (Fsp3) is 0.650. The van der Waals surface area contributed by atoms with Crippen LogP contribution in [-0.2, 0) is 6.42 Å². The van der Waals surface area contributed by atoms with Crippen molar-refractivity contribution in [1.29, 1.82) is 0 Å². The summed E-state index contributed by atoms with van der Waals surface area (Å²) in [6, 6.07) is 4.28. The Morgan fingerprint density at radius 3 is 1.92 bits per heavy atom. The number of carboxylic acids is 1. The first-order valence-electron chi connectivity index (χ1n) is 9.18. The largest absolute Gasteiger partial charge is 1.00 e. The maximum atomic E-state index is 11.7. The summed E-state index contributed by atoms with van der Waals surface area (Å²) in [6.45, 7) is 2.24. The molecule has 0 aliphatic heterocycles. The Morgan fingerprint density at radius 2 is 1.42 bits per heavy atom. The zero-order valence-corrected chi connectivity index (χ0v) is 18.6. The Morgan fingerprint density at radius 1 is 0.917 bits per heavy atom. The number of hydrogen-bond donors (Lipinski definition) is 1. The van der Waals surface area contributed by atoms with E-state index in [1.54, 1.807) is 0 Å². The van der Waals surface area contributed by atoms with Crippen LogP contribution in [0, 0.1) is 0 Å². The second-order valence-corrected chi connectivity index (χ2v) is 6.41. The number of benzene rings is 1. The van der Waals surface area contributed by atoms with Gasteiger partial charge in [-0.3, -0.25) is 0 Å². The number of carboxylic acid groups (broad SMARTS) is 1. The van der Waals surface area contributed by atoms with Crippen LogP contribution in [0.5, 0.6) is 5.75 Å². The Kier molecular flexibility index (Phi) is 15.5. The summed E-state index contributed by atoms with van der Waals surface area (Å²) < 4.78 is 0. The second-order valence-electron chi connectivity index (χ2n) is 6.41. The smallest absolute Gasteiger partial charge is 0.872 e. The molecule has 4 heteroatoms. The van der Waals surface area contributed by atoms with Crippen LogP contribution >= 0.6 is 0 Å². The Bertz CT molecular complexity index is 460. The van der Waals surface area contributed by atoms with Crippen LogP contribution in [0.3, 0.4) is 0 Å². The van der Waals surface area contributed by atoms with Gasteiger partial charge in [0.05, 0.1) is 5.56 Å². The van der Waals surface area contributed by atoms with Crippen molar-refractivity contribution in [3.63, 3.8) is 0 Å². The van der Waals surface area contributed by atoms with E-state index in [1.807, 2.05) is 0 Å². The van der Waals surface area contributed by atoms with E-state index in [9.17, 15) is 9.90 Å². The van der Waals surface area contributed by atoms with Gasteiger partial charge in [-0.2, -0.15) is 0 Å². The predicted octanol–water partition coefficient (Wildman–Crippen LogP) is 2.32. The van der Waals surface area contributed by atoms with E-state index in [0.717, 1.165) is 12.8 Å². The summed E-state index contributed by atoms with van der Waals surface area (Å²) in [5, 5.41) is 20.7. The maximum absolute atomic E-state index is 11.7. The van der Waals surface area contributed by atoms with Gasteiger partial charge in [0.2, 0.25) is 0 Å². The summed E-state index contributed by atoms with van der Waals surface area (Å²) >= 11 is 0. The van der Waals surface area contributed by atoms with Crippen LogP contribution in [0.25, 0.3) is 0 Å². The first-order valence-corrected chi connectivity index (χ1v) is 9.18. The molecule has 0 spiro atoms. The molecule has 0 radical (unpaired) electrons. The minimum atomic E-state index is -0.967. The second kappa shape index (κ2) is 15.4. The fourth-order valence-electron chi connectivity index (χ4n) is 2.89. The van der Waals surface area contributed by atoms with Gasteiger partial charge in [0.1, 0.15) is 0 Å². The molecule has 0 saturated heterocycles. The first kappa shape index (κ1) is 24.1. The van der Waals surface area contributed by atoms with Crippen LogP contribution in [0.4, 0.5) is 0 Å². The molecule has 1 aromatic carbocycles. The molecule has 0 amide bonds. The Hall–Kier alpha value is 0.126. The maximum Gasteiger partial charge on any atom is 1.00 e. The van der Waals surface area contributed by atoms with Gasteiger partial charge in [0.25, 0.3) is 0 Å². The first-order chi connectivity index (χ1) is 11.1. The van der Waals surface area contributed by atoms with E-state index >= 15 is 0 Å². The van der Waals surface area contributed by atoms with E-state index in [2.05, 4.69) is 6.92 Å². The molecule has 24 heavy (non-hydrogen) atoms. The molecule has 3 nitrogen and oxygen atoms in total. The molecule has 0 atom stereocenters. The van der Waals surface area contributed by atoms with Crippen molar-refractivity contribution in [3.05, 3.63) is 29.3 Å². The normalized spacial score (nSPS) is 10.4. The number of aryl methyl sites for hydroxylation is 1. The van der Waals surface area contributed by atoms with Crippen molar-refractivity contribution >= 4 is 5.97 Å². The number of aromatic carboxylic acids is 1. The van der Waals surface area contributed by atoms with Gasteiger partial charge in [-0.15, -0.1) is 5.75 Å². The van der Waals surface area contributed by atoms with E-state index in [-0.39, 0.29) is 62.7 Å². The number of rotatable bonds is 13. The van der Waals surface area contributed by atoms with Crippen molar-refractivity contribution < 1.29 is 66.4 Å². The number of unbranched alkanes of at least 4 members (excludes halogenated alkanes) is 10. The van der Waals surface area contributed by atoms with Gasteiger partial charge in [-0.1, -0.05) is 82.8 Å². The van der Waals surface area contributed by atoms with E-state index < -0.39 is 5.97 Å². The molecule has 1 aromatic rings. The molecule has 0 unspecified atom stereocenters. The van der Waals surface area contributed by atoms with Crippen LogP contribution < -0.4 is 56.5 Å². The van der Waals surface area contributed by atoms with Crippen LogP contribution in [0.1, 0.15) is 93.5 Å². The molecule has 0 saturated carbocycles. The van der Waals surface area contributed by atoms with Crippen LogP contribution in [-0.4, -0.2) is 11.1 Å². The summed E-state index contributed by atoms with van der Waals surface area (Å²) in [6.07, 6.45) is 14.7. The molecular formula is C20H31KO3. The average Bonchev–Trinajstić information content (AvgIpc) is 2.54. The van der Waals surface area contributed by atoms with Crippen molar-refractivity contribution in [2.45, 2.75) is 84.0 Å². The molecule has 0 heterocycles. The molecule has 0 aliphatic rings. The molecule has 0 aliphatic carbocycles. The van der Waals surface area contributed by atoms with Crippen LogP contribution in [0.15, 0.2) is 18.2 Å². The van der Waals surface area contributed by atoms with Crippen molar-refractivity contribution in [1.82, 2.24) is 0 Å². The third kappa shape index (κ3) is 10.9. The van der Waals surface area contributed by atoms with Crippen molar-refractivity contribution in [2.75, 3.05) is 0 Å².